The molecule has 1 atom stereocenters. The van der Waals surface area contributed by atoms with Crippen molar-refractivity contribution in [3.05, 3.63) is 22.2 Å². The average Bonchev–Trinajstić information content (AvgIpc) is 2.35. The number of phenols is 1. The van der Waals surface area contributed by atoms with Gasteiger partial charge in [0.15, 0.2) is 18.1 Å². The van der Waals surface area contributed by atoms with Gasteiger partial charge < -0.3 is 19.9 Å². The van der Waals surface area contributed by atoms with Crippen LogP contribution in [0.5, 0.6) is 11.5 Å². The summed E-state index contributed by atoms with van der Waals surface area (Å²) in [5, 5.41) is 11.9. The first-order chi connectivity index (χ1) is 8.85. The molecule has 0 aliphatic carbocycles. The molecular weight excluding hydrogens is 328 g/mol. The number of cyclic esters (lactones) is 1. The number of aromatic hydroxyl groups is 1. The van der Waals surface area contributed by atoms with E-state index in [1.54, 1.807) is 0 Å². The second-order valence-electron chi connectivity index (χ2n) is 3.96. The van der Waals surface area contributed by atoms with E-state index in [0.717, 1.165) is 0 Å². The van der Waals surface area contributed by atoms with E-state index in [1.165, 1.54) is 19.2 Å². The van der Waals surface area contributed by atoms with E-state index in [9.17, 15) is 18.7 Å². The summed E-state index contributed by atoms with van der Waals surface area (Å²) in [4.78, 5) is 11.1. The fourth-order valence-corrected chi connectivity index (χ4v) is 2.24. The zero-order valence-corrected chi connectivity index (χ0v) is 11.3. The van der Waals surface area contributed by atoms with Crippen LogP contribution >= 0.6 is 15.9 Å². The predicted octanol–water partition coefficient (Wildman–Crippen LogP) is 2.58. The molecule has 2 rings (SSSR count). The summed E-state index contributed by atoms with van der Waals surface area (Å²) in [7, 11) is 1.30. The van der Waals surface area contributed by atoms with Crippen LogP contribution in [0.1, 0.15) is 11.6 Å². The lowest BCUT2D eigenvalue weighted by Gasteiger charge is -2.32. The third-order valence-corrected chi connectivity index (χ3v) is 3.14. The van der Waals surface area contributed by atoms with Crippen molar-refractivity contribution in [2.24, 2.45) is 0 Å². The lowest BCUT2D eigenvalue weighted by Crippen LogP contribution is -2.49. The molecule has 1 aliphatic rings. The van der Waals surface area contributed by atoms with Gasteiger partial charge in [-0.25, -0.2) is 13.6 Å². The lowest BCUT2D eigenvalue weighted by atomic mass is 9.98. The molecule has 0 aromatic heterocycles. The van der Waals surface area contributed by atoms with Gasteiger partial charge in [-0.1, -0.05) is 15.9 Å². The summed E-state index contributed by atoms with van der Waals surface area (Å²) in [5.74, 6) is -3.75. The predicted molar refractivity (Wildman–Crippen MR) is 64.5 cm³/mol. The van der Waals surface area contributed by atoms with Crippen molar-refractivity contribution in [2.45, 2.75) is 12.0 Å². The van der Waals surface area contributed by atoms with Crippen molar-refractivity contribution in [3.8, 4) is 11.5 Å². The quantitative estimate of drug-likeness (QED) is 0.870. The number of benzene rings is 1. The summed E-state index contributed by atoms with van der Waals surface area (Å²) in [5.41, 5.74) is -0.145. The van der Waals surface area contributed by atoms with Gasteiger partial charge in [-0.15, -0.1) is 0 Å². The molecule has 8 heteroatoms. The molecular formula is C11H10BrF2NO4. The first-order valence-corrected chi connectivity index (χ1v) is 6.02. The first-order valence-electron chi connectivity index (χ1n) is 5.22. The number of phenolic OH excluding ortho intramolecular Hbond substituents is 1. The maximum Gasteiger partial charge on any atom is 0.408 e. The number of alkyl halides is 2. The summed E-state index contributed by atoms with van der Waals surface area (Å²) in [6.07, 6.45) is -0.964. The largest absolute Gasteiger partial charge is 0.504 e. The number of methoxy groups -OCH3 is 1. The van der Waals surface area contributed by atoms with Crippen LogP contribution in [-0.2, 0) is 4.74 Å². The molecule has 0 spiro atoms. The molecule has 0 saturated carbocycles. The van der Waals surface area contributed by atoms with Crippen molar-refractivity contribution < 1.29 is 28.2 Å². The standard InChI is InChI=1S/C11H10BrF2NO4/c1-18-7-3-5(12)2-6(8(7)16)9-11(13,14)4-19-10(17)15-9/h2-3,9,16H,4H2,1H3,(H,15,17)/t9-/m0/s1. The SMILES string of the molecule is COc1cc(Br)cc([C@@H]2NC(=O)OCC2(F)F)c1O. The number of nitrogens with one attached hydrogen (secondary N) is 1. The van der Waals surface area contributed by atoms with Crippen molar-refractivity contribution in [1.29, 1.82) is 0 Å². The van der Waals surface area contributed by atoms with Crippen molar-refractivity contribution in [1.82, 2.24) is 5.32 Å². The highest BCUT2D eigenvalue weighted by Crippen LogP contribution is 2.43. The Morgan fingerprint density at radius 2 is 2.26 bits per heavy atom. The summed E-state index contributed by atoms with van der Waals surface area (Å²) >= 11 is 3.13. The molecule has 1 heterocycles. The Morgan fingerprint density at radius 3 is 2.89 bits per heavy atom. The van der Waals surface area contributed by atoms with Gasteiger partial charge in [0, 0.05) is 10.0 Å². The zero-order valence-electron chi connectivity index (χ0n) is 9.75. The van der Waals surface area contributed by atoms with Gasteiger partial charge in [0.2, 0.25) is 0 Å². The second-order valence-corrected chi connectivity index (χ2v) is 4.88. The normalized spacial score (nSPS) is 21.5. The van der Waals surface area contributed by atoms with E-state index in [1.807, 2.05) is 5.32 Å². The Morgan fingerprint density at radius 1 is 1.58 bits per heavy atom. The van der Waals surface area contributed by atoms with Gasteiger partial charge in [-0.2, -0.15) is 0 Å². The molecule has 19 heavy (non-hydrogen) atoms. The minimum absolute atomic E-state index is 0.0286. The Balaban J connectivity index is 2.50. The number of amides is 1. The van der Waals surface area contributed by atoms with Crippen LogP contribution in [0.15, 0.2) is 16.6 Å². The van der Waals surface area contributed by atoms with Gasteiger partial charge in [-0.3, -0.25) is 0 Å². The minimum Gasteiger partial charge on any atom is -0.504 e. The maximum atomic E-state index is 13.8. The van der Waals surface area contributed by atoms with Crippen molar-refractivity contribution >= 4 is 22.0 Å². The molecule has 0 unspecified atom stereocenters. The van der Waals surface area contributed by atoms with Crippen LogP contribution < -0.4 is 10.1 Å². The van der Waals surface area contributed by atoms with Crippen LogP contribution in [0.3, 0.4) is 0 Å². The molecule has 1 saturated heterocycles. The highest BCUT2D eigenvalue weighted by Gasteiger charge is 2.48. The Bertz CT molecular complexity index is 524. The number of alkyl carbamates (subject to hydrolysis) is 1. The topological polar surface area (TPSA) is 67.8 Å². The number of hydrogen-bond donors (Lipinski definition) is 2. The van der Waals surface area contributed by atoms with Crippen LogP contribution in [0, 0.1) is 0 Å². The summed E-state index contributed by atoms with van der Waals surface area (Å²) in [6, 6.07) is 1.04. The van der Waals surface area contributed by atoms with Crippen molar-refractivity contribution in [2.75, 3.05) is 13.7 Å². The van der Waals surface area contributed by atoms with Crippen molar-refractivity contribution in [3.63, 3.8) is 0 Å². The fourth-order valence-electron chi connectivity index (χ4n) is 1.79. The average molecular weight is 338 g/mol. The minimum atomic E-state index is -3.34. The van der Waals surface area contributed by atoms with Gasteiger partial charge in [0.1, 0.15) is 6.04 Å². The van der Waals surface area contributed by atoms with E-state index < -0.39 is 30.4 Å². The van der Waals surface area contributed by atoms with Gasteiger partial charge in [-0.05, 0) is 12.1 Å². The smallest absolute Gasteiger partial charge is 0.408 e. The van der Waals surface area contributed by atoms with Crippen LogP contribution in [-0.4, -0.2) is 30.8 Å². The van der Waals surface area contributed by atoms with E-state index >= 15 is 0 Å². The maximum absolute atomic E-state index is 13.8. The summed E-state index contributed by atoms with van der Waals surface area (Å²) < 4.78 is 37.1. The van der Waals surface area contributed by atoms with Crippen LogP contribution in [0.4, 0.5) is 13.6 Å². The third kappa shape index (κ3) is 2.58. The molecule has 0 radical (unpaired) electrons. The number of ether oxygens (including phenoxy) is 2. The molecule has 104 valence electrons. The molecule has 1 aromatic rings. The van der Waals surface area contributed by atoms with E-state index in [4.69, 9.17) is 4.74 Å². The van der Waals surface area contributed by atoms with Crippen LogP contribution in [0.2, 0.25) is 0 Å². The number of hydrogen-bond acceptors (Lipinski definition) is 4. The molecule has 1 amide bonds. The number of halogens is 3. The number of carbonyl (C=O) groups is 1. The van der Waals surface area contributed by atoms with E-state index in [2.05, 4.69) is 20.7 Å². The molecule has 5 nitrogen and oxygen atoms in total. The van der Waals surface area contributed by atoms with E-state index in [0.29, 0.717) is 4.47 Å². The fraction of sp³-hybridized carbons (Fsp3) is 0.364. The Kier molecular flexibility index (Phi) is 3.53. The molecule has 2 N–H and O–H groups in total. The lowest BCUT2D eigenvalue weighted by molar-refractivity contribution is -0.104. The van der Waals surface area contributed by atoms with E-state index in [-0.39, 0.29) is 11.3 Å². The molecule has 1 fully saturated rings. The Labute approximate surface area is 115 Å². The molecule has 1 aliphatic heterocycles. The van der Waals surface area contributed by atoms with Gasteiger partial charge >= 0.3 is 12.0 Å². The molecule has 1 aromatic carbocycles. The summed E-state index contributed by atoms with van der Waals surface area (Å²) in [6.45, 7) is -1.04. The highest BCUT2D eigenvalue weighted by atomic mass is 79.9. The second kappa shape index (κ2) is 4.84. The third-order valence-electron chi connectivity index (χ3n) is 2.68. The van der Waals surface area contributed by atoms with Gasteiger partial charge in [0.05, 0.1) is 7.11 Å². The first kappa shape index (κ1) is 13.9. The molecule has 0 bridgehead atoms. The van der Waals surface area contributed by atoms with Gasteiger partial charge in [0.25, 0.3) is 0 Å². The van der Waals surface area contributed by atoms with Crippen LogP contribution in [0.25, 0.3) is 0 Å². The number of rotatable bonds is 2. The highest BCUT2D eigenvalue weighted by molar-refractivity contribution is 9.10. The number of carbonyl (C=O) groups excluding carboxylic acids is 1. The Hall–Kier alpha value is -1.57. The monoisotopic (exact) mass is 337 g/mol. The zero-order chi connectivity index (χ0) is 14.2.